The van der Waals surface area contributed by atoms with E-state index in [1.165, 1.54) is 0 Å². The third-order valence-electron chi connectivity index (χ3n) is 1.48. The highest BCUT2D eigenvalue weighted by Crippen LogP contribution is 2.14. The molecule has 0 aliphatic rings. The molecule has 16 heavy (non-hydrogen) atoms. The van der Waals surface area contributed by atoms with Crippen molar-refractivity contribution in [1.82, 2.24) is 0 Å². The van der Waals surface area contributed by atoms with Crippen molar-refractivity contribution in [3.8, 4) is 0 Å². The zero-order valence-corrected chi connectivity index (χ0v) is 10.5. The summed E-state index contributed by atoms with van der Waals surface area (Å²) in [4.78, 5) is 22.2. The van der Waals surface area contributed by atoms with E-state index in [-0.39, 0.29) is 25.3 Å². The van der Waals surface area contributed by atoms with Crippen LogP contribution < -0.4 is 0 Å². The predicted octanol–water partition coefficient (Wildman–Crippen LogP) is 2.14. The fraction of sp³-hybridized carbons (Fsp3) is 0.818. The second kappa shape index (κ2) is 6.35. The highest BCUT2D eigenvalue weighted by atomic mass is 16.7. The Labute approximate surface area is 96.1 Å². The van der Waals surface area contributed by atoms with Gasteiger partial charge in [-0.3, -0.25) is 4.79 Å². The molecule has 0 saturated carbocycles. The molecular weight excluding hydrogens is 212 g/mol. The topological polar surface area (TPSA) is 61.8 Å². The maximum atomic E-state index is 11.3. The number of hydrogen-bond acceptors (Lipinski definition) is 5. The van der Waals surface area contributed by atoms with Gasteiger partial charge in [0, 0.05) is 0 Å². The molecule has 5 heteroatoms. The van der Waals surface area contributed by atoms with Crippen LogP contribution in [0.1, 0.15) is 34.6 Å². The van der Waals surface area contributed by atoms with Crippen LogP contribution in [-0.4, -0.2) is 31.4 Å². The van der Waals surface area contributed by atoms with Gasteiger partial charge in [0.2, 0.25) is 0 Å². The largest absolute Gasteiger partial charge is 0.508 e. The van der Waals surface area contributed by atoms with Crippen LogP contribution in [0.4, 0.5) is 4.79 Å². The molecule has 0 aliphatic heterocycles. The van der Waals surface area contributed by atoms with E-state index in [2.05, 4.69) is 4.74 Å². The van der Waals surface area contributed by atoms with Gasteiger partial charge in [0.25, 0.3) is 0 Å². The van der Waals surface area contributed by atoms with Crippen LogP contribution in [0.15, 0.2) is 0 Å². The average molecular weight is 232 g/mol. The van der Waals surface area contributed by atoms with Gasteiger partial charge in [0.1, 0.15) is 13.2 Å². The van der Waals surface area contributed by atoms with Gasteiger partial charge in [-0.25, -0.2) is 4.79 Å². The molecule has 0 heterocycles. The average Bonchev–Trinajstić information content (AvgIpc) is 2.09. The molecule has 0 atom stereocenters. The third kappa shape index (κ3) is 7.09. The highest BCUT2D eigenvalue weighted by molar-refractivity contribution is 5.75. The van der Waals surface area contributed by atoms with E-state index >= 15 is 0 Å². The second-order valence-corrected chi connectivity index (χ2v) is 4.65. The van der Waals surface area contributed by atoms with Crippen molar-refractivity contribution in [2.75, 3.05) is 13.2 Å². The van der Waals surface area contributed by atoms with Gasteiger partial charge in [-0.05, 0) is 34.6 Å². The van der Waals surface area contributed by atoms with Crippen LogP contribution in [0.25, 0.3) is 0 Å². The Morgan fingerprint density at radius 1 is 1.06 bits per heavy atom. The standard InChI is InChI=1S/C11H20O5/c1-8(2)16-10(13)15-7-6-14-9(12)11(3,4)5/h8H,6-7H2,1-5H3. The summed E-state index contributed by atoms with van der Waals surface area (Å²) in [5.74, 6) is -0.326. The van der Waals surface area contributed by atoms with Crippen LogP contribution in [0.3, 0.4) is 0 Å². The molecule has 0 aromatic carbocycles. The molecule has 5 nitrogen and oxygen atoms in total. The van der Waals surface area contributed by atoms with Crippen molar-refractivity contribution in [2.45, 2.75) is 40.7 Å². The summed E-state index contributed by atoms with van der Waals surface area (Å²) < 4.78 is 14.3. The molecule has 0 unspecified atom stereocenters. The monoisotopic (exact) mass is 232 g/mol. The summed E-state index contributed by atoms with van der Waals surface area (Å²) in [6.07, 6.45) is -0.966. The molecule has 0 aromatic rings. The van der Waals surface area contributed by atoms with E-state index in [0.717, 1.165) is 0 Å². The molecule has 0 fully saturated rings. The van der Waals surface area contributed by atoms with Crippen LogP contribution in [-0.2, 0) is 19.0 Å². The summed E-state index contributed by atoms with van der Waals surface area (Å²) in [6, 6.07) is 0. The number of hydrogen-bond donors (Lipinski definition) is 0. The first-order valence-corrected chi connectivity index (χ1v) is 5.24. The minimum absolute atomic E-state index is 0.00731. The highest BCUT2D eigenvalue weighted by Gasteiger charge is 2.22. The minimum atomic E-state index is -0.748. The van der Waals surface area contributed by atoms with Crippen LogP contribution in [0.5, 0.6) is 0 Å². The van der Waals surface area contributed by atoms with Gasteiger partial charge >= 0.3 is 12.1 Å². The summed E-state index contributed by atoms with van der Waals surface area (Å²) >= 11 is 0. The Kier molecular flexibility index (Phi) is 5.85. The second-order valence-electron chi connectivity index (χ2n) is 4.65. The lowest BCUT2D eigenvalue weighted by atomic mass is 9.97. The maximum Gasteiger partial charge on any atom is 0.508 e. The van der Waals surface area contributed by atoms with Crippen LogP contribution in [0.2, 0.25) is 0 Å². The minimum Gasteiger partial charge on any atom is -0.462 e. The molecule has 0 rings (SSSR count). The van der Waals surface area contributed by atoms with Crippen molar-refractivity contribution in [3.05, 3.63) is 0 Å². The number of rotatable bonds is 4. The Morgan fingerprint density at radius 2 is 1.56 bits per heavy atom. The van der Waals surface area contributed by atoms with E-state index in [9.17, 15) is 9.59 Å². The number of esters is 1. The fourth-order valence-electron chi connectivity index (χ4n) is 0.702. The van der Waals surface area contributed by atoms with Gasteiger partial charge in [-0.15, -0.1) is 0 Å². The number of ether oxygens (including phenoxy) is 3. The lowest BCUT2D eigenvalue weighted by Crippen LogP contribution is -2.25. The van der Waals surface area contributed by atoms with Crippen molar-refractivity contribution in [2.24, 2.45) is 5.41 Å². The first-order chi connectivity index (χ1) is 7.23. The molecule has 0 saturated heterocycles. The van der Waals surface area contributed by atoms with Gasteiger partial charge in [-0.1, -0.05) is 0 Å². The van der Waals surface area contributed by atoms with E-state index < -0.39 is 11.6 Å². The Bertz CT molecular complexity index is 239. The first kappa shape index (κ1) is 14.7. The summed E-state index contributed by atoms with van der Waals surface area (Å²) in [6.45, 7) is 8.76. The number of carbonyl (C=O) groups is 2. The third-order valence-corrected chi connectivity index (χ3v) is 1.48. The molecule has 0 amide bonds. The molecule has 0 aliphatic carbocycles. The normalized spacial score (nSPS) is 11.1. The Balaban J connectivity index is 3.62. The molecule has 94 valence electrons. The van der Waals surface area contributed by atoms with Crippen molar-refractivity contribution >= 4 is 12.1 Å². The quantitative estimate of drug-likeness (QED) is 0.549. The molecule has 0 bridgehead atoms. The summed E-state index contributed by atoms with van der Waals surface area (Å²) in [7, 11) is 0. The van der Waals surface area contributed by atoms with Gasteiger partial charge in [0.05, 0.1) is 11.5 Å². The van der Waals surface area contributed by atoms with E-state index in [1.807, 2.05) is 0 Å². The SMILES string of the molecule is CC(C)OC(=O)OCCOC(=O)C(C)(C)C. The van der Waals surface area contributed by atoms with E-state index in [4.69, 9.17) is 9.47 Å². The predicted molar refractivity (Wildman–Crippen MR) is 58.0 cm³/mol. The molecule has 0 aromatic heterocycles. The Morgan fingerprint density at radius 3 is 2.00 bits per heavy atom. The molecule has 0 N–H and O–H groups in total. The molecular formula is C11H20O5. The van der Waals surface area contributed by atoms with Gasteiger partial charge < -0.3 is 14.2 Å². The lowest BCUT2D eigenvalue weighted by Gasteiger charge is -2.16. The van der Waals surface area contributed by atoms with Crippen LogP contribution >= 0.6 is 0 Å². The van der Waals surface area contributed by atoms with Crippen molar-refractivity contribution < 1.29 is 23.8 Å². The zero-order chi connectivity index (χ0) is 12.8. The van der Waals surface area contributed by atoms with Crippen molar-refractivity contribution in [3.63, 3.8) is 0 Å². The van der Waals surface area contributed by atoms with Crippen molar-refractivity contribution in [1.29, 1.82) is 0 Å². The number of carbonyl (C=O) groups excluding carboxylic acids is 2. The van der Waals surface area contributed by atoms with Gasteiger partial charge in [0.15, 0.2) is 0 Å². The lowest BCUT2D eigenvalue weighted by molar-refractivity contribution is -0.154. The summed E-state index contributed by atoms with van der Waals surface area (Å²) in [5, 5.41) is 0. The van der Waals surface area contributed by atoms with Crippen LogP contribution in [0, 0.1) is 5.41 Å². The summed E-state index contributed by atoms with van der Waals surface area (Å²) in [5.41, 5.74) is -0.543. The smallest absolute Gasteiger partial charge is 0.462 e. The Hall–Kier alpha value is -1.26. The van der Waals surface area contributed by atoms with Gasteiger partial charge in [-0.2, -0.15) is 0 Å². The maximum absolute atomic E-state index is 11.3. The molecule has 0 radical (unpaired) electrons. The zero-order valence-electron chi connectivity index (χ0n) is 10.5. The molecule has 0 spiro atoms. The first-order valence-electron chi connectivity index (χ1n) is 5.24. The fourth-order valence-corrected chi connectivity index (χ4v) is 0.702. The van der Waals surface area contributed by atoms with E-state index in [0.29, 0.717) is 0 Å². The van der Waals surface area contributed by atoms with E-state index in [1.54, 1.807) is 34.6 Å².